The van der Waals surface area contributed by atoms with E-state index in [1.54, 1.807) is 6.20 Å². The summed E-state index contributed by atoms with van der Waals surface area (Å²) in [4.78, 5) is 19.1. The van der Waals surface area contributed by atoms with Gasteiger partial charge in [0.25, 0.3) is 0 Å². The van der Waals surface area contributed by atoms with Crippen LogP contribution in [0.5, 0.6) is 0 Å². The summed E-state index contributed by atoms with van der Waals surface area (Å²) in [6.45, 7) is 7.82. The number of carbonyl (C=O) groups is 1. The Balaban J connectivity index is 2.18. The van der Waals surface area contributed by atoms with E-state index in [-0.39, 0.29) is 17.5 Å². The molecular formula is C16H25N3O. The molecule has 1 aromatic rings. The standard InChI is InChI=1S/C16H25N3O/c1-4-16(8-6-10-18-16)15(20)19(13(2)3)12-14-7-5-9-17-11-14/h5,7,9,11,13,18H,4,6,8,10,12H2,1-3H3. The first-order valence-electron chi connectivity index (χ1n) is 7.54. The van der Waals surface area contributed by atoms with Crippen LogP contribution in [-0.2, 0) is 11.3 Å². The number of hydrogen-bond donors (Lipinski definition) is 1. The second kappa shape index (κ2) is 6.35. The molecule has 20 heavy (non-hydrogen) atoms. The van der Waals surface area contributed by atoms with Crippen molar-refractivity contribution in [3.8, 4) is 0 Å². The largest absolute Gasteiger partial charge is 0.334 e. The van der Waals surface area contributed by atoms with E-state index in [0.717, 1.165) is 31.4 Å². The lowest BCUT2D eigenvalue weighted by Gasteiger charge is -2.36. The number of nitrogens with one attached hydrogen (secondary N) is 1. The van der Waals surface area contributed by atoms with Crippen LogP contribution in [0.2, 0.25) is 0 Å². The van der Waals surface area contributed by atoms with Crippen molar-refractivity contribution in [1.82, 2.24) is 15.2 Å². The lowest BCUT2D eigenvalue weighted by Crippen LogP contribution is -2.56. The third kappa shape index (κ3) is 3.01. The molecule has 1 amide bonds. The molecule has 0 saturated carbocycles. The molecule has 0 aliphatic carbocycles. The van der Waals surface area contributed by atoms with Gasteiger partial charge in [0.2, 0.25) is 5.91 Å². The van der Waals surface area contributed by atoms with Crippen molar-refractivity contribution in [3.05, 3.63) is 30.1 Å². The molecule has 1 aliphatic heterocycles. The van der Waals surface area contributed by atoms with Crippen LogP contribution in [-0.4, -0.2) is 33.9 Å². The molecule has 4 heteroatoms. The van der Waals surface area contributed by atoms with Crippen molar-refractivity contribution < 1.29 is 4.79 Å². The number of hydrogen-bond acceptors (Lipinski definition) is 3. The second-order valence-electron chi connectivity index (χ2n) is 5.85. The van der Waals surface area contributed by atoms with Crippen molar-refractivity contribution in [2.45, 2.75) is 58.2 Å². The number of amides is 1. The molecular weight excluding hydrogens is 250 g/mol. The van der Waals surface area contributed by atoms with Gasteiger partial charge in [0.05, 0.1) is 5.54 Å². The van der Waals surface area contributed by atoms with Crippen molar-refractivity contribution in [3.63, 3.8) is 0 Å². The Labute approximate surface area is 121 Å². The average Bonchev–Trinajstić information content (AvgIpc) is 2.95. The molecule has 0 radical (unpaired) electrons. The molecule has 1 aliphatic rings. The Kier molecular flexibility index (Phi) is 4.76. The number of aromatic nitrogens is 1. The highest BCUT2D eigenvalue weighted by Gasteiger charge is 2.42. The SMILES string of the molecule is CCC1(C(=O)N(Cc2cccnc2)C(C)C)CCCN1. The van der Waals surface area contributed by atoms with E-state index < -0.39 is 0 Å². The van der Waals surface area contributed by atoms with Crippen LogP contribution >= 0.6 is 0 Å². The van der Waals surface area contributed by atoms with Gasteiger partial charge in [0.1, 0.15) is 0 Å². The summed E-state index contributed by atoms with van der Waals surface area (Å²) in [6.07, 6.45) is 6.47. The summed E-state index contributed by atoms with van der Waals surface area (Å²) >= 11 is 0. The zero-order valence-electron chi connectivity index (χ0n) is 12.7. The highest BCUT2D eigenvalue weighted by atomic mass is 16.2. The van der Waals surface area contributed by atoms with Crippen LogP contribution in [0.4, 0.5) is 0 Å². The van der Waals surface area contributed by atoms with Crippen molar-refractivity contribution in [1.29, 1.82) is 0 Å². The Morgan fingerprint density at radius 1 is 1.55 bits per heavy atom. The summed E-state index contributed by atoms with van der Waals surface area (Å²) in [6, 6.07) is 4.13. The summed E-state index contributed by atoms with van der Waals surface area (Å²) in [7, 11) is 0. The van der Waals surface area contributed by atoms with Gasteiger partial charge in [-0.05, 0) is 51.3 Å². The number of rotatable bonds is 5. The van der Waals surface area contributed by atoms with Gasteiger partial charge in [-0.25, -0.2) is 0 Å². The normalized spacial score (nSPS) is 22.2. The molecule has 1 fully saturated rings. The topological polar surface area (TPSA) is 45.2 Å². The molecule has 2 rings (SSSR count). The van der Waals surface area contributed by atoms with Crippen LogP contribution in [0.3, 0.4) is 0 Å². The fraction of sp³-hybridized carbons (Fsp3) is 0.625. The van der Waals surface area contributed by atoms with E-state index in [1.165, 1.54) is 0 Å². The lowest BCUT2D eigenvalue weighted by molar-refractivity contribution is -0.140. The van der Waals surface area contributed by atoms with Crippen LogP contribution in [0.15, 0.2) is 24.5 Å². The second-order valence-corrected chi connectivity index (χ2v) is 5.85. The lowest BCUT2D eigenvalue weighted by atomic mass is 9.91. The fourth-order valence-corrected chi connectivity index (χ4v) is 2.89. The molecule has 4 nitrogen and oxygen atoms in total. The van der Waals surface area contributed by atoms with Crippen LogP contribution in [0.1, 0.15) is 45.6 Å². The van der Waals surface area contributed by atoms with E-state index in [1.807, 2.05) is 23.2 Å². The monoisotopic (exact) mass is 275 g/mol. The Morgan fingerprint density at radius 2 is 2.35 bits per heavy atom. The smallest absolute Gasteiger partial charge is 0.243 e. The molecule has 1 unspecified atom stereocenters. The first-order valence-corrected chi connectivity index (χ1v) is 7.54. The average molecular weight is 275 g/mol. The fourth-order valence-electron chi connectivity index (χ4n) is 2.89. The molecule has 1 N–H and O–H groups in total. The number of nitrogens with zero attached hydrogens (tertiary/aromatic N) is 2. The maximum Gasteiger partial charge on any atom is 0.243 e. The highest BCUT2D eigenvalue weighted by molar-refractivity contribution is 5.87. The molecule has 0 aromatic carbocycles. The Morgan fingerprint density at radius 3 is 2.85 bits per heavy atom. The zero-order valence-corrected chi connectivity index (χ0v) is 12.7. The van der Waals surface area contributed by atoms with Crippen LogP contribution in [0.25, 0.3) is 0 Å². The van der Waals surface area contributed by atoms with E-state index >= 15 is 0 Å². The predicted octanol–water partition coefficient (Wildman–Crippen LogP) is 2.35. The minimum atomic E-state index is -0.355. The third-order valence-corrected chi connectivity index (χ3v) is 4.22. The van der Waals surface area contributed by atoms with E-state index in [4.69, 9.17) is 0 Å². The summed E-state index contributed by atoms with van der Waals surface area (Å²) < 4.78 is 0. The zero-order chi connectivity index (χ0) is 14.6. The van der Waals surface area contributed by atoms with Gasteiger partial charge in [-0.2, -0.15) is 0 Å². The van der Waals surface area contributed by atoms with Crippen LogP contribution < -0.4 is 5.32 Å². The quantitative estimate of drug-likeness (QED) is 0.897. The predicted molar refractivity (Wildman–Crippen MR) is 80.2 cm³/mol. The van der Waals surface area contributed by atoms with Crippen molar-refractivity contribution >= 4 is 5.91 Å². The summed E-state index contributed by atoms with van der Waals surface area (Å²) in [5.74, 6) is 0.233. The van der Waals surface area contributed by atoms with Gasteiger partial charge in [-0.15, -0.1) is 0 Å². The van der Waals surface area contributed by atoms with Gasteiger partial charge in [0, 0.05) is 25.0 Å². The maximum absolute atomic E-state index is 13.0. The molecule has 1 aromatic heterocycles. The van der Waals surface area contributed by atoms with Crippen molar-refractivity contribution in [2.75, 3.05) is 6.54 Å². The Hall–Kier alpha value is -1.42. The van der Waals surface area contributed by atoms with E-state index in [2.05, 4.69) is 31.1 Å². The minimum Gasteiger partial charge on any atom is -0.334 e. The van der Waals surface area contributed by atoms with Gasteiger partial charge in [-0.1, -0.05) is 13.0 Å². The van der Waals surface area contributed by atoms with Crippen LogP contribution in [0, 0.1) is 0 Å². The first-order chi connectivity index (χ1) is 9.59. The molecule has 0 spiro atoms. The highest BCUT2D eigenvalue weighted by Crippen LogP contribution is 2.27. The van der Waals surface area contributed by atoms with E-state index in [0.29, 0.717) is 6.54 Å². The summed E-state index contributed by atoms with van der Waals surface area (Å²) in [5.41, 5.74) is 0.728. The molecule has 0 bridgehead atoms. The third-order valence-electron chi connectivity index (χ3n) is 4.22. The number of carbonyl (C=O) groups excluding carboxylic acids is 1. The molecule has 2 heterocycles. The Bertz CT molecular complexity index is 438. The molecule has 1 saturated heterocycles. The maximum atomic E-state index is 13.0. The van der Waals surface area contributed by atoms with Gasteiger partial charge in [0.15, 0.2) is 0 Å². The van der Waals surface area contributed by atoms with E-state index in [9.17, 15) is 4.79 Å². The van der Waals surface area contributed by atoms with Gasteiger partial charge < -0.3 is 10.2 Å². The first kappa shape index (κ1) is 15.0. The van der Waals surface area contributed by atoms with Crippen molar-refractivity contribution in [2.24, 2.45) is 0 Å². The minimum absolute atomic E-state index is 0.188. The van der Waals surface area contributed by atoms with Gasteiger partial charge in [-0.3, -0.25) is 9.78 Å². The van der Waals surface area contributed by atoms with Gasteiger partial charge >= 0.3 is 0 Å². The number of pyridine rings is 1. The summed E-state index contributed by atoms with van der Waals surface area (Å²) in [5, 5.41) is 3.43. The molecule has 110 valence electrons. The molecule has 1 atom stereocenters.